The first-order valence-electron chi connectivity index (χ1n) is 6.04. The van der Waals surface area contributed by atoms with E-state index in [0.29, 0.717) is 17.0 Å². The van der Waals surface area contributed by atoms with Crippen molar-refractivity contribution in [3.63, 3.8) is 0 Å². The lowest BCUT2D eigenvalue weighted by molar-refractivity contribution is 0.628. The lowest BCUT2D eigenvalue weighted by Gasteiger charge is -2.08. The summed E-state index contributed by atoms with van der Waals surface area (Å²) in [6, 6.07) is 9.35. The molecule has 0 aliphatic heterocycles. The standard InChI is InChI=1S/C15H8Cl2FN3/c16-13-12(9-1-3-11(18)4-2-9)14(17)21-15(20-13)10-5-7-19-8-6-10/h1-8H. The van der Waals surface area contributed by atoms with Crippen molar-refractivity contribution in [2.45, 2.75) is 0 Å². The molecule has 0 saturated heterocycles. The van der Waals surface area contributed by atoms with Gasteiger partial charge in [-0.2, -0.15) is 0 Å². The highest BCUT2D eigenvalue weighted by Crippen LogP contribution is 2.34. The zero-order valence-electron chi connectivity index (χ0n) is 10.6. The van der Waals surface area contributed by atoms with E-state index in [9.17, 15) is 4.39 Å². The monoisotopic (exact) mass is 319 g/mol. The quantitative estimate of drug-likeness (QED) is 0.645. The number of pyridine rings is 1. The fraction of sp³-hybridized carbons (Fsp3) is 0. The highest BCUT2D eigenvalue weighted by Gasteiger charge is 2.14. The summed E-state index contributed by atoms with van der Waals surface area (Å²) < 4.78 is 13.0. The first-order chi connectivity index (χ1) is 10.1. The Bertz CT molecular complexity index is 754. The van der Waals surface area contributed by atoms with Gasteiger partial charge in [0.25, 0.3) is 0 Å². The molecule has 0 atom stereocenters. The molecule has 3 nitrogen and oxygen atoms in total. The molecular weight excluding hydrogens is 312 g/mol. The second kappa shape index (κ2) is 5.76. The summed E-state index contributed by atoms with van der Waals surface area (Å²) in [5.74, 6) is 0.0820. The van der Waals surface area contributed by atoms with Gasteiger partial charge in [0.2, 0.25) is 0 Å². The number of aromatic nitrogens is 3. The predicted octanol–water partition coefficient (Wildman–Crippen LogP) is 4.65. The van der Waals surface area contributed by atoms with Gasteiger partial charge < -0.3 is 0 Å². The Hall–Kier alpha value is -2.04. The van der Waals surface area contributed by atoms with Crippen LogP contribution in [0.25, 0.3) is 22.5 Å². The van der Waals surface area contributed by atoms with Crippen LogP contribution in [0.15, 0.2) is 48.8 Å². The van der Waals surface area contributed by atoms with Crippen LogP contribution in [0.4, 0.5) is 4.39 Å². The van der Waals surface area contributed by atoms with Crippen LogP contribution in [0.1, 0.15) is 0 Å². The summed E-state index contributed by atoms with van der Waals surface area (Å²) in [5, 5.41) is 0.432. The van der Waals surface area contributed by atoms with Crippen LogP contribution < -0.4 is 0 Å². The summed E-state index contributed by atoms with van der Waals surface area (Å²) in [4.78, 5) is 12.4. The summed E-state index contributed by atoms with van der Waals surface area (Å²) >= 11 is 12.4. The number of nitrogens with zero attached hydrogens (tertiary/aromatic N) is 3. The average Bonchev–Trinajstić information content (AvgIpc) is 2.49. The van der Waals surface area contributed by atoms with Crippen molar-refractivity contribution >= 4 is 23.2 Å². The molecule has 104 valence electrons. The van der Waals surface area contributed by atoms with Crippen LogP contribution in [-0.4, -0.2) is 15.0 Å². The first-order valence-corrected chi connectivity index (χ1v) is 6.80. The molecule has 0 aliphatic carbocycles. The van der Waals surface area contributed by atoms with E-state index in [0.717, 1.165) is 5.56 Å². The van der Waals surface area contributed by atoms with Gasteiger partial charge in [0, 0.05) is 18.0 Å². The van der Waals surface area contributed by atoms with Crippen molar-refractivity contribution in [2.24, 2.45) is 0 Å². The molecule has 1 aromatic carbocycles. The van der Waals surface area contributed by atoms with Crippen LogP contribution >= 0.6 is 23.2 Å². The lowest BCUT2D eigenvalue weighted by atomic mass is 10.1. The predicted molar refractivity (Wildman–Crippen MR) is 80.7 cm³/mol. The average molecular weight is 320 g/mol. The van der Waals surface area contributed by atoms with Crippen LogP contribution in [0.5, 0.6) is 0 Å². The molecule has 0 fully saturated rings. The minimum absolute atomic E-state index is 0.216. The third kappa shape index (κ3) is 2.86. The molecule has 2 heterocycles. The number of hydrogen-bond donors (Lipinski definition) is 0. The molecule has 0 bridgehead atoms. The van der Waals surface area contributed by atoms with Gasteiger partial charge in [0.05, 0.1) is 5.56 Å². The highest BCUT2D eigenvalue weighted by atomic mass is 35.5. The maximum Gasteiger partial charge on any atom is 0.162 e. The molecule has 0 unspecified atom stereocenters. The number of halogens is 3. The lowest BCUT2D eigenvalue weighted by Crippen LogP contribution is -1.95. The smallest absolute Gasteiger partial charge is 0.162 e. The molecule has 0 radical (unpaired) electrons. The molecule has 0 saturated carbocycles. The van der Waals surface area contributed by atoms with Gasteiger partial charge in [-0.25, -0.2) is 14.4 Å². The molecule has 0 N–H and O–H groups in total. The Labute approximate surface area is 130 Å². The van der Waals surface area contributed by atoms with Crippen LogP contribution in [-0.2, 0) is 0 Å². The summed E-state index contributed by atoms with van der Waals surface area (Å²) in [5.41, 5.74) is 1.91. The maximum atomic E-state index is 13.0. The van der Waals surface area contributed by atoms with E-state index in [1.165, 1.54) is 12.1 Å². The molecular formula is C15H8Cl2FN3. The molecule has 6 heteroatoms. The van der Waals surface area contributed by atoms with Crippen molar-refractivity contribution in [3.05, 3.63) is 64.9 Å². The second-order valence-corrected chi connectivity index (χ2v) is 4.96. The van der Waals surface area contributed by atoms with Crippen molar-refractivity contribution in [1.82, 2.24) is 15.0 Å². The first kappa shape index (κ1) is 13.9. The van der Waals surface area contributed by atoms with E-state index in [1.807, 2.05) is 0 Å². The largest absolute Gasteiger partial charge is 0.265 e. The fourth-order valence-electron chi connectivity index (χ4n) is 1.89. The Morgan fingerprint density at radius 3 is 1.90 bits per heavy atom. The minimum Gasteiger partial charge on any atom is -0.265 e. The number of benzene rings is 1. The van der Waals surface area contributed by atoms with Crippen molar-refractivity contribution in [2.75, 3.05) is 0 Å². The molecule has 2 aromatic heterocycles. The van der Waals surface area contributed by atoms with E-state index in [4.69, 9.17) is 23.2 Å². The van der Waals surface area contributed by atoms with Gasteiger partial charge in [0.1, 0.15) is 16.1 Å². The Balaban J connectivity index is 2.11. The van der Waals surface area contributed by atoms with E-state index >= 15 is 0 Å². The van der Waals surface area contributed by atoms with E-state index in [1.54, 1.807) is 36.7 Å². The summed E-state index contributed by atoms with van der Waals surface area (Å²) in [6.45, 7) is 0. The van der Waals surface area contributed by atoms with E-state index in [-0.39, 0.29) is 16.1 Å². The zero-order valence-corrected chi connectivity index (χ0v) is 12.1. The van der Waals surface area contributed by atoms with E-state index in [2.05, 4.69) is 15.0 Å². The van der Waals surface area contributed by atoms with Crippen LogP contribution in [0, 0.1) is 5.82 Å². The van der Waals surface area contributed by atoms with E-state index < -0.39 is 0 Å². The number of rotatable bonds is 2. The Kier molecular flexibility index (Phi) is 3.82. The van der Waals surface area contributed by atoms with Gasteiger partial charge in [-0.1, -0.05) is 35.3 Å². The third-order valence-corrected chi connectivity index (χ3v) is 3.44. The second-order valence-electron chi connectivity index (χ2n) is 4.25. The molecule has 3 rings (SSSR count). The van der Waals surface area contributed by atoms with Crippen molar-refractivity contribution < 1.29 is 4.39 Å². The molecule has 0 aliphatic rings. The SMILES string of the molecule is Fc1ccc(-c2c(Cl)nc(-c3ccncc3)nc2Cl)cc1. The Morgan fingerprint density at radius 1 is 0.762 bits per heavy atom. The molecule has 0 spiro atoms. The summed E-state index contributed by atoms with van der Waals surface area (Å²) in [7, 11) is 0. The van der Waals surface area contributed by atoms with Gasteiger partial charge in [-0.05, 0) is 29.8 Å². The normalized spacial score (nSPS) is 10.6. The topological polar surface area (TPSA) is 38.7 Å². The van der Waals surface area contributed by atoms with Gasteiger partial charge in [-0.3, -0.25) is 4.98 Å². The molecule has 0 amide bonds. The van der Waals surface area contributed by atoms with Gasteiger partial charge in [0.15, 0.2) is 5.82 Å². The third-order valence-electron chi connectivity index (χ3n) is 2.89. The van der Waals surface area contributed by atoms with Crippen LogP contribution in [0.3, 0.4) is 0 Å². The molecule has 3 aromatic rings. The molecule has 21 heavy (non-hydrogen) atoms. The zero-order chi connectivity index (χ0) is 14.8. The maximum absolute atomic E-state index is 13.0. The number of hydrogen-bond acceptors (Lipinski definition) is 3. The summed E-state index contributed by atoms with van der Waals surface area (Å²) in [6.07, 6.45) is 3.27. The fourth-order valence-corrected chi connectivity index (χ4v) is 2.50. The Morgan fingerprint density at radius 2 is 1.33 bits per heavy atom. The van der Waals surface area contributed by atoms with Gasteiger partial charge in [-0.15, -0.1) is 0 Å². The van der Waals surface area contributed by atoms with Crippen LogP contribution in [0.2, 0.25) is 10.3 Å². The minimum atomic E-state index is -0.333. The van der Waals surface area contributed by atoms with Crippen molar-refractivity contribution in [3.8, 4) is 22.5 Å². The highest BCUT2D eigenvalue weighted by molar-refractivity contribution is 6.37. The van der Waals surface area contributed by atoms with Gasteiger partial charge >= 0.3 is 0 Å². The van der Waals surface area contributed by atoms with Crippen molar-refractivity contribution in [1.29, 1.82) is 0 Å².